The minimum Gasteiger partial charge on any atom is -0.442 e. The molecule has 1 amide bonds. The van der Waals surface area contributed by atoms with E-state index in [2.05, 4.69) is 26.3 Å². The molecule has 132 valence electrons. The largest absolute Gasteiger partial charge is 0.442 e. The minimum atomic E-state index is -0.323. The highest BCUT2D eigenvalue weighted by molar-refractivity contribution is 6.14. The van der Waals surface area contributed by atoms with Gasteiger partial charge in [-0.3, -0.25) is 9.79 Å². The molecule has 1 aliphatic heterocycles. The molecule has 7 nitrogen and oxygen atoms in total. The average molecular weight is 357 g/mol. The monoisotopic (exact) mass is 357 g/mol. The van der Waals surface area contributed by atoms with Gasteiger partial charge in [-0.2, -0.15) is 5.26 Å². The molecule has 0 unspecified atom stereocenters. The second-order valence-corrected chi connectivity index (χ2v) is 6.24. The van der Waals surface area contributed by atoms with Gasteiger partial charge >= 0.3 is 0 Å². The third kappa shape index (κ3) is 2.87. The molecule has 3 heterocycles. The number of nitriles is 1. The van der Waals surface area contributed by atoms with E-state index in [0.717, 1.165) is 22.4 Å². The Kier molecular flexibility index (Phi) is 4.01. The number of aromatic nitrogens is 2. The van der Waals surface area contributed by atoms with E-state index in [1.54, 1.807) is 13.1 Å². The summed E-state index contributed by atoms with van der Waals surface area (Å²) in [6, 6.07) is 7.71. The zero-order chi connectivity index (χ0) is 19.0. The van der Waals surface area contributed by atoms with Crippen molar-refractivity contribution < 1.29 is 9.21 Å². The number of amides is 1. The smallest absolute Gasteiger partial charge is 0.274 e. The number of hydrogen-bond donors (Lipinski definition) is 1. The summed E-state index contributed by atoms with van der Waals surface area (Å²) in [5, 5.41) is 12.0. The van der Waals surface area contributed by atoms with Crippen LogP contribution in [0.1, 0.15) is 44.1 Å². The number of rotatable bonds is 3. The number of benzene rings is 1. The highest BCUT2D eigenvalue weighted by atomic mass is 16.3. The lowest BCUT2D eigenvalue weighted by Crippen LogP contribution is -2.16. The molecule has 0 bridgehead atoms. The third-order valence-electron chi connectivity index (χ3n) is 4.68. The van der Waals surface area contributed by atoms with E-state index in [0.29, 0.717) is 34.8 Å². The number of oxazole rings is 1. The Morgan fingerprint density at radius 1 is 1.26 bits per heavy atom. The van der Waals surface area contributed by atoms with Gasteiger partial charge in [0, 0.05) is 17.4 Å². The Bertz CT molecular complexity index is 1120. The van der Waals surface area contributed by atoms with Gasteiger partial charge in [0.2, 0.25) is 0 Å². The Morgan fingerprint density at radius 3 is 2.85 bits per heavy atom. The van der Waals surface area contributed by atoms with Gasteiger partial charge in [0.1, 0.15) is 17.5 Å². The molecule has 0 radical (unpaired) electrons. The molecule has 4 rings (SSSR count). The molecule has 3 aromatic rings. The number of carbonyl (C=O) groups is 1. The Hall–Kier alpha value is -3.79. The molecule has 0 spiro atoms. The SMILES string of the molecule is Cc1c(C#N)cnc(C(=O)Nc2ccc3c(c2)C(c2cnco2)=NC3)c1C. The van der Waals surface area contributed by atoms with Gasteiger partial charge in [-0.15, -0.1) is 0 Å². The first kappa shape index (κ1) is 16.7. The first-order valence-corrected chi connectivity index (χ1v) is 8.32. The molecule has 0 atom stereocenters. The Morgan fingerprint density at radius 2 is 2.11 bits per heavy atom. The minimum absolute atomic E-state index is 0.302. The van der Waals surface area contributed by atoms with Crippen LogP contribution in [0.15, 0.2) is 46.4 Å². The van der Waals surface area contributed by atoms with Crippen molar-refractivity contribution in [2.75, 3.05) is 5.32 Å². The van der Waals surface area contributed by atoms with Gasteiger partial charge < -0.3 is 9.73 Å². The van der Waals surface area contributed by atoms with Gasteiger partial charge in [0.15, 0.2) is 12.2 Å². The van der Waals surface area contributed by atoms with Crippen molar-refractivity contribution in [2.24, 2.45) is 4.99 Å². The number of carbonyl (C=O) groups excluding carboxylic acids is 1. The van der Waals surface area contributed by atoms with Crippen LogP contribution in [0.2, 0.25) is 0 Å². The standard InChI is InChI=1S/C20H15N5O2/c1-11-12(2)18(23-8-14(11)6-21)20(26)25-15-4-3-13-7-24-19(16(13)5-15)17-9-22-10-27-17/h3-5,8-10H,7H2,1-2H3,(H,25,26). The number of aliphatic imine (C=N–C) groups is 1. The summed E-state index contributed by atoms with van der Waals surface area (Å²) in [6.07, 6.45) is 4.41. The number of nitrogens with one attached hydrogen (secondary N) is 1. The zero-order valence-corrected chi connectivity index (χ0v) is 14.8. The summed E-state index contributed by atoms with van der Waals surface area (Å²) >= 11 is 0. The second kappa shape index (κ2) is 6.50. The predicted octanol–water partition coefficient (Wildman–Crippen LogP) is 3.16. The summed E-state index contributed by atoms with van der Waals surface area (Å²) in [7, 11) is 0. The summed E-state index contributed by atoms with van der Waals surface area (Å²) < 4.78 is 5.35. The van der Waals surface area contributed by atoms with E-state index in [9.17, 15) is 4.79 Å². The molecule has 2 aromatic heterocycles. The molecular formula is C20H15N5O2. The fourth-order valence-corrected chi connectivity index (χ4v) is 3.04. The van der Waals surface area contributed by atoms with Gasteiger partial charge in [-0.05, 0) is 42.7 Å². The van der Waals surface area contributed by atoms with E-state index in [1.165, 1.54) is 12.6 Å². The molecule has 0 saturated heterocycles. The van der Waals surface area contributed by atoms with Crippen LogP contribution in [0.3, 0.4) is 0 Å². The summed E-state index contributed by atoms with van der Waals surface area (Å²) in [6.45, 7) is 4.16. The van der Waals surface area contributed by atoms with Crippen molar-refractivity contribution in [3.8, 4) is 6.07 Å². The topological polar surface area (TPSA) is 104 Å². The molecule has 0 aliphatic carbocycles. The van der Waals surface area contributed by atoms with E-state index >= 15 is 0 Å². The van der Waals surface area contributed by atoms with Crippen LogP contribution in [0, 0.1) is 25.2 Å². The summed E-state index contributed by atoms with van der Waals surface area (Å²) in [5.41, 5.74) is 5.54. The Labute approximate surface area is 155 Å². The maximum atomic E-state index is 12.7. The maximum absolute atomic E-state index is 12.7. The highest BCUT2D eigenvalue weighted by Gasteiger charge is 2.21. The van der Waals surface area contributed by atoms with Gasteiger partial charge in [0.25, 0.3) is 5.91 Å². The summed E-state index contributed by atoms with van der Waals surface area (Å²) in [5.74, 6) is 0.272. The van der Waals surface area contributed by atoms with Crippen LogP contribution >= 0.6 is 0 Å². The van der Waals surface area contributed by atoms with Crippen molar-refractivity contribution in [2.45, 2.75) is 20.4 Å². The molecular weight excluding hydrogens is 342 g/mol. The lowest BCUT2D eigenvalue weighted by atomic mass is 10.0. The van der Waals surface area contributed by atoms with E-state index < -0.39 is 0 Å². The van der Waals surface area contributed by atoms with Crippen molar-refractivity contribution >= 4 is 17.3 Å². The second-order valence-electron chi connectivity index (χ2n) is 6.24. The normalized spacial score (nSPS) is 12.3. The lowest BCUT2D eigenvalue weighted by Gasteiger charge is -2.11. The van der Waals surface area contributed by atoms with Crippen LogP contribution in [0.25, 0.3) is 0 Å². The molecule has 0 fully saturated rings. The molecule has 1 aromatic carbocycles. The van der Waals surface area contributed by atoms with Crippen LogP contribution < -0.4 is 5.32 Å². The maximum Gasteiger partial charge on any atom is 0.274 e. The summed E-state index contributed by atoms with van der Waals surface area (Å²) in [4.78, 5) is 25.3. The first-order chi connectivity index (χ1) is 13.1. The number of nitrogens with zero attached hydrogens (tertiary/aromatic N) is 4. The molecule has 27 heavy (non-hydrogen) atoms. The van der Waals surface area contributed by atoms with Crippen molar-refractivity contribution in [3.05, 3.63) is 76.3 Å². The van der Waals surface area contributed by atoms with E-state index in [1.807, 2.05) is 25.1 Å². The van der Waals surface area contributed by atoms with Crippen LogP contribution in [0.5, 0.6) is 0 Å². The predicted molar refractivity (Wildman–Crippen MR) is 98.7 cm³/mol. The molecule has 7 heteroatoms. The number of fused-ring (bicyclic) bond motifs is 1. The fraction of sp³-hybridized carbons (Fsp3) is 0.150. The number of pyridine rings is 1. The van der Waals surface area contributed by atoms with Crippen LogP contribution in [-0.2, 0) is 6.54 Å². The highest BCUT2D eigenvalue weighted by Crippen LogP contribution is 2.26. The van der Waals surface area contributed by atoms with Crippen molar-refractivity contribution in [1.29, 1.82) is 5.26 Å². The molecule has 1 aliphatic rings. The van der Waals surface area contributed by atoms with Gasteiger partial charge in [0.05, 0.1) is 18.3 Å². The lowest BCUT2D eigenvalue weighted by molar-refractivity contribution is 0.102. The van der Waals surface area contributed by atoms with Crippen molar-refractivity contribution in [1.82, 2.24) is 9.97 Å². The van der Waals surface area contributed by atoms with Gasteiger partial charge in [-0.25, -0.2) is 9.97 Å². The fourth-order valence-electron chi connectivity index (χ4n) is 3.04. The average Bonchev–Trinajstić information content (AvgIpc) is 3.32. The van der Waals surface area contributed by atoms with Crippen LogP contribution in [0.4, 0.5) is 5.69 Å². The number of anilines is 1. The van der Waals surface area contributed by atoms with Crippen LogP contribution in [-0.4, -0.2) is 21.6 Å². The molecule has 0 saturated carbocycles. The van der Waals surface area contributed by atoms with Gasteiger partial charge in [-0.1, -0.05) is 6.07 Å². The quantitative estimate of drug-likeness (QED) is 0.775. The Balaban J connectivity index is 1.63. The first-order valence-electron chi connectivity index (χ1n) is 8.32. The number of hydrogen-bond acceptors (Lipinski definition) is 6. The van der Waals surface area contributed by atoms with E-state index in [4.69, 9.17) is 9.68 Å². The van der Waals surface area contributed by atoms with E-state index in [-0.39, 0.29) is 5.91 Å². The molecule has 1 N–H and O–H groups in total. The third-order valence-corrected chi connectivity index (χ3v) is 4.68. The van der Waals surface area contributed by atoms with Crippen molar-refractivity contribution in [3.63, 3.8) is 0 Å². The zero-order valence-electron chi connectivity index (χ0n) is 14.8.